The Morgan fingerprint density at radius 3 is 2.44 bits per heavy atom. The van der Waals surface area contributed by atoms with Crippen LogP contribution in [0.4, 0.5) is 4.39 Å². The average molecular weight is 554 g/mol. The number of aliphatic hydroxyl groups excluding tert-OH is 1. The minimum atomic E-state index is -0.796. The smallest absolute Gasteiger partial charge is 0.135 e. The number of rotatable bonds is 12. The first kappa shape index (κ1) is 26.4. The van der Waals surface area contributed by atoms with Crippen molar-refractivity contribution in [2.24, 2.45) is 5.92 Å². The zero-order chi connectivity index (χ0) is 24.7. The van der Waals surface area contributed by atoms with Crippen LogP contribution in [0.5, 0.6) is 11.5 Å². The van der Waals surface area contributed by atoms with Crippen LogP contribution >= 0.6 is 27.5 Å². The zero-order valence-electron chi connectivity index (χ0n) is 19.5. The van der Waals surface area contributed by atoms with E-state index in [4.69, 9.17) is 21.1 Å². The van der Waals surface area contributed by atoms with E-state index < -0.39 is 12.8 Å². The summed E-state index contributed by atoms with van der Waals surface area (Å²) in [6.07, 6.45) is 0.674. The van der Waals surface area contributed by atoms with E-state index >= 15 is 0 Å². The lowest BCUT2D eigenvalue weighted by molar-refractivity contribution is 0.0888. The maximum atomic E-state index is 12.6. The Bertz CT molecular complexity index is 1060. The van der Waals surface area contributed by atoms with Crippen LogP contribution in [0.2, 0.25) is 0 Å². The van der Waals surface area contributed by atoms with E-state index in [0.717, 1.165) is 21.3 Å². The van der Waals surface area contributed by atoms with Crippen molar-refractivity contribution in [3.05, 3.63) is 70.0 Å². The molecule has 9 heteroatoms. The maximum absolute atomic E-state index is 12.6. The standard InChI is InChI=1S/C25H30BrClFN3O3/c1-17(11-27)15-34-24-9-6-19(10-23(24)26)25(2,3)18-4-7-22(8-5-18)33-16-21(32)14-31-13-20(12-28)29-30-31/h4-10,13,17,21,32H,11-12,14-16H2,1-3H3/i28-1. The van der Waals surface area contributed by atoms with E-state index in [2.05, 4.69) is 52.2 Å². The summed E-state index contributed by atoms with van der Waals surface area (Å²) < 4.78 is 26.5. The summed E-state index contributed by atoms with van der Waals surface area (Å²) in [7, 11) is 0. The summed E-state index contributed by atoms with van der Waals surface area (Å²) in [5, 5.41) is 17.6. The van der Waals surface area contributed by atoms with Crippen molar-refractivity contribution >= 4 is 27.5 Å². The summed E-state index contributed by atoms with van der Waals surface area (Å²) in [6, 6.07) is 14.0. The SMILES string of the molecule is CC(CCl)COc1ccc(C(C)(C)c2ccc(OCC(O)Cn3cc(C[18F])nn3)cc2)cc1Br. The highest BCUT2D eigenvalue weighted by Crippen LogP contribution is 2.36. The monoisotopic (exact) mass is 552 g/mol. The van der Waals surface area contributed by atoms with Gasteiger partial charge in [0.15, 0.2) is 0 Å². The second-order valence-corrected chi connectivity index (χ2v) is 10.1. The van der Waals surface area contributed by atoms with Gasteiger partial charge in [-0.25, -0.2) is 9.07 Å². The first-order valence-corrected chi connectivity index (χ1v) is 12.4. The largest absolute Gasteiger partial charge is 0.492 e. The van der Waals surface area contributed by atoms with Crippen LogP contribution in [0, 0.1) is 5.92 Å². The topological polar surface area (TPSA) is 69.4 Å². The number of nitrogens with zero attached hydrogens (tertiary/aromatic N) is 3. The fourth-order valence-corrected chi connectivity index (χ4v) is 3.95. The third-order valence-electron chi connectivity index (χ3n) is 5.58. The lowest BCUT2D eigenvalue weighted by atomic mass is 9.78. The number of benzene rings is 2. The van der Waals surface area contributed by atoms with Gasteiger partial charge < -0.3 is 14.6 Å². The van der Waals surface area contributed by atoms with Crippen molar-refractivity contribution in [2.45, 2.75) is 45.5 Å². The third kappa shape index (κ3) is 6.93. The molecule has 2 atom stereocenters. The van der Waals surface area contributed by atoms with Crippen LogP contribution in [0.25, 0.3) is 0 Å². The Hall–Kier alpha value is -2.16. The van der Waals surface area contributed by atoms with Crippen LogP contribution in [-0.2, 0) is 18.6 Å². The van der Waals surface area contributed by atoms with E-state index in [1.807, 2.05) is 37.3 Å². The number of aromatic nitrogens is 3. The van der Waals surface area contributed by atoms with Crippen molar-refractivity contribution in [3.8, 4) is 11.5 Å². The predicted octanol–water partition coefficient (Wildman–Crippen LogP) is 5.53. The molecule has 0 spiro atoms. The van der Waals surface area contributed by atoms with Crippen molar-refractivity contribution in [1.29, 1.82) is 0 Å². The number of aliphatic hydroxyl groups is 1. The Morgan fingerprint density at radius 2 is 1.82 bits per heavy atom. The second-order valence-electron chi connectivity index (χ2n) is 8.90. The Labute approximate surface area is 213 Å². The fraction of sp³-hybridized carbons (Fsp3) is 0.440. The Morgan fingerprint density at radius 1 is 1.12 bits per heavy atom. The van der Waals surface area contributed by atoms with Gasteiger partial charge in [0, 0.05) is 17.2 Å². The molecule has 6 nitrogen and oxygen atoms in total. The molecule has 1 aromatic heterocycles. The average Bonchev–Trinajstić information content (AvgIpc) is 3.29. The quantitative estimate of drug-likeness (QED) is 0.299. The second kappa shape index (κ2) is 12.0. The van der Waals surface area contributed by atoms with Crippen molar-refractivity contribution < 1.29 is 19.0 Å². The summed E-state index contributed by atoms with van der Waals surface area (Å²) in [5.74, 6) is 2.29. The van der Waals surface area contributed by atoms with Gasteiger partial charge in [-0.15, -0.1) is 16.7 Å². The van der Waals surface area contributed by atoms with Crippen LogP contribution in [-0.4, -0.2) is 45.3 Å². The predicted molar refractivity (Wildman–Crippen MR) is 134 cm³/mol. The Kier molecular flexibility index (Phi) is 9.33. The molecule has 0 saturated heterocycles. The molecule has 2 unspecified atom stereocenters. The number of alkyl halides is 2. The molecule has 0 aliphatic rings. The van der Waals surface area contributed by atoms with Crippen LogP contribution in [0.3, 0.4) is 0 Å². The van der Waals surface area contributed by atoms with Gasteiger partial charge >= 0.3 is 0 Å². The maximum Gasteiger partial charge on any atom is 0.135 e. The molecule has 3 aromatic rings. The van der Waals surface area contributed by atoms with E-state index in [9.17, 15) is 9.50 Å². The third-order valence-corrected chi connectivity index (χ3v) is 6.73. The molecule has 0 fully saturated rings. The zero-order valence-corrected chi connectivity index (χ0v) is 21.9. The minimum Gasteiger partial charge on any atom is -0.492 e. The molecule has 0 aliphatic heterocycles. The molecule has 0 radical (unpaired) electrons. The first-order valence-electron chi connectivity index (χ1n) is 11.1. The molecule has 3 rings (SSSR count). The van der Waals surface area contributed by atoms with Crippen LogP contribution in [0.1, 0.15) is 37.6 Å². The van der Waals surface area contributed by atoms with Gasteiger partial charge in [0.25, 0.3) is 0 Å². The molecule has 1 N–H and O–H groups in total. The van der Waals surface area contributed by atoms with Gasteiger partial charge in [0.05, 0.1) is 23.8 Å². The first-order chi connectivity index (χ1) is 16.2. The summed E-state index contributed by atoms with van der Waals surface area (Å²) in [6.45, 7) is 6.52. The van der Waals surface area contributed by atoms with Crippen molar-refractivity contribution in [3.63, 3.8) is 0 Å². The number of ether oxygens (including phenoxy) is 2. The molecule has 34 heavy (non-hydrogen) atoms. The lowest BCUT2D eigenvalue weighted by Crippen LogP contribution is -2.24. The van der Waals surface area contributed by atoms with Crippen LogP contribution in [0.15, 0.2) is 53.1 Å². The Balaban J connectivity index is 1.59. The van der Waals surface area contributed by atoms with Gasteiger partial charge in [0.2, 0.25) is 0 Å². The molecule has 0 bridgehead atoms. The highest BCUT2D eigenvalue weighted by Gasteiger charge is 2.24. The van der Waals surface area contributed by atoms with Gasteiger partial charge in [0.1, 0.15) is 36.6 Å². The van der Waals surface area contributed by atoms with E-state index in [-0.39, 0.29) is 30.2 Å². The van der Waals surface area contributed by atoms with Gasteiger partial charge in [-0.1, -0.05) is 44.2 Å². The van der Waals surface area contributed by atoms with Gasteiger partial charge in [-0.2, -0.15) is 0 Å². The molecule has 0 amide bonds. The minimum absolute atomic E-state index is 0.0876. The molecule has 0 aliphatic carbocycles. The molecule has 184 valence electrons. The molecule has 2 aromatic carbocycles. The van der Waals surface area contributed by atoms with E-state index in [0.29, 0.717) is 18.2 Å². The van der Waals surface area contributed by atoms with Gasteiger partial charge in [-0.05, 0) is 51.3 Å². The summed E-state index contributed by atoms with van der Waals surface area (Å²) in [5.41, 5.74) is 2.25. The fourth-order valence-electron chi connectivity index (χ4n) is 3.37. The van der Waals surface area contributed by atoms with E-state index in [1.54, 1.807) is 0 Å². The van der Waals surface area contributed by atoms with Crippen molar-refractivity contribution in [1.82, 2.24) is 15.0 Å². The van der Waals surface area contributed by atoms with Crippen LogP contribution < -0.4 is 9.47 Å². The highest BCUT2D eigenvalue weighted by molar-refractivity contribution is 9.10. The molecular weight excluding hydrogens is 524 g/mol. The number of halogens is 3. The number of hydrogen-bond acceptors (Lipinski definition) is 5. The highest BCUT2D eigenvalue weighted by atomic mass is 79.9. The van der Waals surface area contributed by atoms with Gasteiger partial charge in [-0.3, -0.25) is 0 Å². The normalized spacial score (nSPS) is 13.5. The van der Waals surface area contributed by atoms with E-state index in [1.165, 1.54) is 10.9 Å². The summed E-state index contributed by atoms with van der Waals surface area (Å²) >= 11 is 9.49. The molecule has 0 saturated carbocycles. The number of hydrogen-bond donors (Lipinski definition) is 1. The lowest BCUT2D eigenvalue weighted by Gasteiger charge is -2.27. The molecular formula is C25H30BrClFN3O3. The molecule has 1 heterocycles. The summed E-state index contributed by atoms with van der Waals surface area (Å²) in [4.78, 5) is 0. The van der Waals surface area contributed by atoms with Crippen molar-refractivity contribution in [2.75, 3.05) is 19.1 Å².